The summed E-state index contributed by atoms with van der Waals surface area (Å²) >= 11 is 5.95. The molecule has 3 aromatic carbocycles. The van der Waals surface area contributed by atoms with Crippen molar-refractivity contribution in [1.82, 2.24) is 5.32 Å². The number of fused-ring (bicyclic) bond motifs is 1. The summed E-state index contributed by atoms with van der Waals surface area (Å²) in [6.45, 7) is -0.509. The number of carbonyl (C=O) groups excluding carboxylic acids is 1. The summed E-state index contributed by atoms with van der Waals surface area (Å²) < 4.78 is 13.1. The molecule has 144 valence electrons. The Bertz CT molecular complexity index is 1020. The summed E-state index contributed by atoms with van der Waals surface area (Å²) in [5.74, 6) is -0.944. The maximum Gasteiger partial charge on any atom is 0.244 e. The van der Waals surface area contributed by atoms with Gasteiger partial charge in [0.2, 0.25) is 5.91 Å². The highest BCUT2D eigenvalue weighted by Gasteiger charge is 2.22. The first-order chi connectivity index (χ1) is 13.5. The summed E-state index contributed by atoms with van der Waals surface area (Å²) in [6.07, 6.45) is 1.53. The van der Waals surface area contributed by atoms with Gasteiger partial charge < -0.3 is 15.5 Å². The predicted molar refractivity (Wildman–Crippen MR) is 108 cm³/mol. The Morgan fingerprint density at radius 3 is 2.57 bits per heavy atom. The molecule has 0 aliphatic rings. The van der Waals surface area contributed by atoms with Crippen LogP contribution in [0.3, 0.4) is 0 Å². The van der Waals surface area contributed by atoms with Gasteiger partial charge in [-0.15, -0.1) is 0 Å². The molecule has 0 saturated carbocycles. The zero-order valence-corrected chi connectivity index (χ0v) is 15.6. The van der Waals surface area contributed by atoms with Crippen LogP contribution < -0.4 is 5.32 Å². The SMILES string of the molecule is O=C(C=Cc1ccc(F)cc1Cl)NC(c1ccc2ccccc2c1)C(O)CO. The molecular formula is C22H19ClFNO3. The second-order valence-electron chi connectivity index (χ2n) is 6.34. The van der Waals surface area contributed by atoms with Crippen LogP contribution in [0.1, 0.15) is 17.2 Å². The molecule has 0 aliphatic carbocycles. The number of rotatable bonds is 6. The number of hydrogen-bond donors (Lipinski definition) is 3. The maximum atomic E-state index is 13.1. The van der Waals surface area contributed by atoms with Crippen LogP contribution in [0.5, 0.6) is 0 Å². The van der Waals surface area contributed by atoms with E-state index >= 15 is 0 Å². The molecule has 0 bridgehead atoms. The predicted octanol–water partition coefficient (Wildman–Crippen LogP) is 3.86. The molecule has 3 rings (SSSR count). The first kappa shape index (κ1) is 20.0. The largest absolute Gasteiger partial charge is 0.394 e. The van der Waals surface area contributed by atoms with Crippen molar-refractivity contribution in [3.05, 3.63) is 88.7 Å². The lowest BCUT2D eigenvalue weighted by atomic mass is 9.98. The summed E-state index contributed by atoms with van der Waals surface area (Å²) in [4.78, 5) is 12.4. The second kappa shape index (κ2) is 8.97. The number of halogens is 2. The van der Waals surface area contributed by atoms with Crippen LogP contribution in [0.4, 0.5) is 4.39 Å². The van der Waals surface area contributed by atoms with Crippen LogP contribution in [0.25, 0.3) is 16.8 Å². The molecule has 0 saturated heterocycles. The first-order valence-electron chi connectivity index (χ1n) is 8.69. The van der Waals surface area contributed by atoms with E-state index < -0.39 is 30.5 Å². The van der Waals surface area contributed by atoms with Crippen LogP contribution in [0.2, 0.25) is 5.02 Å². The summed E-state index contributed by atoms with van der Waals surface area (Å²) in [5, 5.41) is 24.5. The van der Waals surface area contributed by atoms with Gasteiger partial charge in [-0.2, -0.15) is 0 Å². The Hall–Kier alpha value is -2.73. The molecule has 0 heterocycles. The Kier molecular flexibility index (Phi) is 6.41. The fourth-order valence-corrected chi connectivity index (χ4v) is 3.14. The smallest absolute Gasteiger partial charge is 0.244 e. The number of aliphatic hydroxyl groups excluding tert-OH is 2. The Morgan fingerprint density at radius 1 is 1.11 bits per heavy atom. The summed E-state index contributed by atoms with van der Waals surface area (Å²) in [6, 6.07) is 16.3. The molecule has 0 radical (unpaired) electrons. The van der Waals surface area contributed by atoms with Crippen LogP contribution >= 0.6 is 11.6 Å². The highest BCUT2D eigenvalue weighted by molar-refractivity contribution is 6.32. The van der Waals surface area contributed by atoms with Gasteiger partial charge in [0, 0.05) is 6.08 Å². The summed E-state index contributed by atoms with van der Waals surface area (Å²) in [5.41, 5.74) is 1.16. The van der Waals surface area contributed by atoms with E-state index in [1.165, 1.54) is 24.3 Å². The van der Waals surface area contributed by atoms with E-state index in [-0.39, 0.29) is 5.02 Å². The highest BCUT2D eigenvalue weighted by Crippen LogP contribution is 2.23. The zero-order valence-electron chi connectivity index (χ0n) is 14.8. The van der Waals surface area contributed by atoms with E-state index in [4.69, 9.17) is 11.6 Å². The van der Waals surface area contributed by atoms with Crippen molar-refractivity contribution in [2.45, 2.75) is 12.1 Å². The Balaban J connectivity index is 1.81. The van der Waals surface area contributed by atoms with E-state index in [1.807, 2.05) is 36.4 Å². The van der Waals surface area contributed by atoms with Gasteiger partial charge in [-0.05, 0) is 46.2 Å². The third-order valence-electron chi connectivity index (χ3n) is 4.38. The lowest BCUT2D eigenvalue weighted by molar-refractivity contribution is -0.118. The van der Waals surface area contributed by atoms with Crippen molar-refractivity contribution in [2.75, 3.05) is 6.61 Å². The molecule has 0 fully saturated rings. The van der Waals surface area contributed by atoms with Crippen molar-refractivity contribution < 1.29 is 19.4 Å². The minimum absolute atomic E-state index is 0.186. The fourth-order valence-electron chi connectivity index (χ4n) is 2.91. The normalized spacial score (nSPS) is 13.6. The van der Waals surface area contributed by atoms with Gasteiger partial charge in [0.05, 0.1) is 17.7 Å². The quantitative estimate of drug-likeness (QED) is 0.551. The molecule has 2 atom stereocenters. The van der Waals surface area contributed by atoms with E-state index in [0.29, 0.717) is 11.1 Å². The number of benzene rings is 3. The molecule has 1 amide bonds. The van der Waals surface area contributed by atoms with Crippen molar-refractivity contribution in [3.63, 3.8) is 0 Å². The molecule has 6 heteroatoms. The van der Waals surface area contributed by atoms with Gasteiger partial charge in [-0.1, -0.05) is 54.1 Å². The van der Waals surface area contributed by atoms with Gasteiger partial charge in [0.15, 0.2) is 0 Å². The molecule has 3 N–H and O–H groups in total. The highest BCUT2D eigenvalue weighted by atomic mass is 35.5. The minimum atomic E-state index is -1.17. The van der Waals surface area contributed by atoms with Gasteiger partial charge in [-0.25, -0.2) is 4.39 Å². The topological polar surface area (TPSA) is 69.6 Å². The first-order valence-corrected chi connectivity index (χ1v) is 9.07. The summed E-state index contributed by atoms with van der Waals surface area (Å²) in [7, 11) is 0. The molecule has 0 spiro atoms. The number of carbonyl (C=O) groups is 1. The minimum Gasteiger partial charge on any atom is -0.394 e. The lowest BCUT2D eigenvalue weighted by Crippen LogP contribution is -2.37. The number of nitrogens with one attached hydrogen (secondary N) is 1. The average Bonchev–Trinajstić information content (AvgIpc) is 2.70. The standard InChI is InChI=1S/C22H19ClFNO3/c23-19-12-18(24)9-7-15(19)8-10-21(28)25-22(20(27)13-26)17-6-5-14-3-1-2-4-16(14)11-17/h1-12,20,22,26-27H,13H2,(H,25,28). The number of hydrogen-bond acceptors (Lipinski definition) is 3. The monoisotopic (exact) mass is 399 g/mol. The molecule has 0 aliphatic heterocycles. The van der Waals surface area contributed by atoms with Gasteiger partial charge in [-0.3, -0.25) is 4.79 Å². The molecule has 4 nitrogen and oxygen atoms in total. The second-order valence-corrected chi connectivity index (χ2v) is 6.75. The third-order valence-corrected chi connectivity index (χ3v) is 4.71. The van der Waals surface area contributed by atoms with Crippen molar-refractivity contribution in [3.8, 4) is 0 Å². The molecule has 3 aromatic rings. The Labute approximate surface area is 166 Å². The molecule has 2 unspecified atom stereocenters. The van der Waals surface area contributed by atoms with E-state index in [9.17, 15) is 19.4 Å². The zero-order chi connectivity index (χ0) is 20.1. The lowest BCUT2D eigenvalue weighted by Gasteiger charge is -2.23. The average molecular weight is 400 g/mol. The van der Waals surface area contributed by atoms with Crippen molar-refractivity contribution >= 4 is 34.4 Å². The van der Waals surface area contributed by atoms with Gasteiger partial charge in [0.25, 0.3) is 0 Å². The van der Waals surface area contributed by atoms with Crippen LogP contribution in [0.15, 0.2) is 66.7 Å². The number of amides is 1. The Morgan fingerprint density at radius 2 is 1.86 bits per heavy atom. The molecule has 0 aromatic heterocycles. The molecule has 28 heavy (non-hydrogen) atoms. The van der Waals surface area contributed by atoms with Crippen LogP contribution in [0, 0.1) is 5.82 Å². The van der Waals surface area contributed by atoms with E-state index in [0.717, 1.165) is 16.8 Å². The molecular weight excluding hydrogens is 381 g/mol. The third kappa shape index (κ3) is 4.75. The van der Waals surface area contributed by atoms with E-state index in [2.05, 4.69) is 5.32 Å². The number of aliphatic hydroxyl groups is 2. The van der Waals surface area contributed by atoms with Crippen molar-refractivity contribution in [1.29, 1.82) is 0 Å². The van der Waals surface area contributed by atoms with Crippen molar-refractivity contribution in [2.24, 2.45) is 0 Å². The fraction of sp³-hybridized carbons (Fsp3) is 0.136. The van der Waals surface area contributed by atoms with Gasteiger partial charge in [0.1, 0.15) is 11.9 Å². The van der Waals surface area contributed by atoms with Gasteiger partial charge >= 0.3 is 0 Å². The van der Waals surface area contributed by atoms with E-state index in [1.54, 1.807) is 6.07 Å². The maximum absolute atomic E-state index is 13.1. The van der Waals surface area contributed by atoms with Crippen LogP contribution in [-0.4, -0.2) is 28.8 Å². The van der Waals surface area contributed by atoms with Crippen LogP contribution in [-0.2, 0) is 4.79 Å².